The molecule has 2 N–H and O–H groups in total. The van der Waals surface area contributed by atoms with E-state index in [-0.39, 0.29) is 11.9 Å². The van der Waals surface area contributed by atoms with Crippen molar-refractivity contribution in [2.75, 3.05) is 14.1 Å². The molecule has 0 saturated heterocycles. The van der Waals surface area contributed by atoms with Crippen molar-refractivity contribution in [3.8, 4) is 0 Å². The Morgan fingerprint density at radius 2 is 1.93 bits per heavy atom. The lowest BCUT2D eigenvalue weighted by Gasteiger charge is -2.27. The molecular formula is C9H16N2O3. The first kappa shape index (κ1) is 10.8. The van der Waals surface area contributed by atoms with Gasteiger partial charge in [-0.15, -0.1) is 0 Å². The zero-order valence-electron chi connectivity index (χ0n) is 8.70. The summed E-state index contributed by atoms with van der Waals surface area (Å²) in [6.45, 7) is 1.56. The average molecular weight is 200 g/mol. The summed E-state index contributed by atoms with van der Waals surface area (Å²) in [5, 5.41) is 11.6. The van der Waals surface area contributed by atoms with Crippen LogP contribution in [0.2, 0.25) is 0 Å². The van der Waals surface area contributed by atoms with Gasteiger partial charge in [-0.3, -0.25) is 0 Å². The van der Waals surface area contributed by atoms with Gasteiger partial charge in [0.05, 0.1) is 0 Å². The van der Waals surface area contributed by atoms with Crippen molar-refractivity contribution in [1.29, 1.82) is 0 Å². The lowest BCUT2D eigenvalue weighted by atomic mass is 9.96. The molecule has 5 heteroatoms. The second-order valence-corrected chi connectivity index (χ2v) is 4.11. The number of carbonyl (C=O) groups is 2. The van der Waals surface area contributed by atoms with Crippen LogP contribution in [0.5, 0.6) is 0 Å². The molecule has 1 aliphatic rings. The number of hydrogen-bond donors (Lipinski definition) is 2. The van der Waals surface area contributed by atoms with Crippen LogP contribution in [0.3, 0.4) is 0 Å². The van der Waals surface area contributed by atoms with E-state index in [1.54, 1.807) is 21.0 Å². The van der Waals surface area contributed by atoms with Gasteiger partial charge in [0.25, 0.3) is 0 Å². The molecule has 0 aromatic rings. The summed E-state index contributed by atoms with van der Waals surface area (Å²) >= 11 is 0. The van der Waals surface area contributed by atoms with E-state index in [0.717, 1.165) is 12.8 Å². The standard InChI is InChI=1S/C9H16N2O3/c1-9(7(12)13,6-4-5-6)10-8(14)11(2)3/h6H,4-5H2,1-3H3,(H,10,14)(H,12,13). The van der Waals surface area contributed by atoms with Gasteiger partial charge >= 0.3 is 12.0 Å². The Balaban J connectivity index is 2.69. The molecular weight excluding hydrogens is 184 g/mol. The van der Waals surface area contributed by atoms with Crippen LogP contribution in [0.25, 0.3) is 0 Å². The Kier molecular flexibility index (Phi) is 2.69. The van der Waals surface area contributed by atoms with Crippen molar-refractivity contribution in [2.45, 2.75) is 25.3 Å². The molecule has 80 valence electrons. The SMILES string of the molecule is CN(C)C(=O)NC(C)(C(=O)O)C1CC1. The highest BCUT2D eigenvalue weighted by Gasteiger charge is 2.48. The largest absolute Gasteiger partial charge is 0.480 e. The molecule has 1 rings (SSSR count). The van der Waals surface area contributed by atoms with Crippen molar-refractivity contribution in [1.82, 2.24) is 10.2 Å². The van der Waals surface area contributed by atoms with Crippen molar-refractivity contribution in [2.24, 2.45) is 5.92 Å². The first-order valence-corrected chi connectivity index (χ1v) is 4.61. The zero-order valence-corrected chi connectivity index (χ0v) is 8.70. The average Bonchev–Trinajstić information content (AvgIpc) is 2.85. The van der Waals surface area contributed by atoms with E-state index in [0.29, 0.717) is 0 Å². The number of aliphatic carboxylic acids is 1. The third-order valence-electron chi connectivity index (χ3n) is 2.61. The monoisotopic (exact) mass is 200 g/mol. The van der Waals surface area contributed by atoms with Gasteiger partial charge in [0.2, 0.25) is 0 Å². The summed E-state index contributed by atoms with van der Waals surface area (Å²) in [6, 6.07) is -0.359. The molecule has 1 atom stereocenters. The molecule has 1 fully saturated rings. The number of urea groups is 1. The number of carbonyl (C=O) groups excluding carboxylic acids is 1. The minimum Gasteiger partial charge on any atom is -0.480 e. The molecule has 14 heavy (non-hydrogen) atoms. The van der Waals surface area contributed by atoms with Crippen molar-refractivity contribution in [3.63, 3.8) is 0 Å². The van der Waals surface area contributed by atoms with Gasteiger partial charge in [0.15, 0.2) is 0 Å². The third kappa shape index (κ3) is 1.97. The van der Waals surface area contributed by atoms with Gasteiger partial charge in [0, 0.05) is 14.1 Å². The van der Waals surface area contributed by atoms with Gasteiger partial charge in [-0.25, -0.2) is 9.59 Å². The normalized spacial score (nSPS) is 19.6. The Morgan fingerprint density at radius 1 is 1.43 bits per heavy atom. The lowest BCUT2D eigenvalue weighted by Crippen LogP contribution is -2.56. The minimum atomic E-state index is -1.11. The minimum absolute atomic E-state index is 0.0731. The molecule has 1 aliphatic carbocycles. The predicted molar refractivity (Wildman–Crippen MR) is 51.0 cm³/mol. The molecule has 0 heterocycles. The van der Waals surface area contributed by atoms with Crippen LogP contribution in [0, 0.1) is 5.92 Å². The van der Waals surface area contributed by atoms with E-state index in [1.807, 2.05) is 0 Å². The van der Waals surface area contributed by atoms with E-state index in [4.69, 9.17) is 5.11 Å². The summed E-state index contributed by atoms with van der Waals surface area (Å²) in [4.78, 5) is 23.7. The highest BCUT2D eigenvalue weighted by Crippen LogP contribution is 2.39. The molecule has 0 bridgehead atoms. The van der Waals surface area contributed by atoms with E-state index >= 15 is 0 Å². The van der Waals surface area contributed by atoms with E-state index in [2.05, 4.69) is 5.32 Å². The van der Waals surface area contributed by atoms with Crippen molar-refractivity contribution < 1.29 is 14.7 Å². The lowest BCUT2D eigenvalue weighted by molar-refractivity contribution is -0.144. The number of rotatable bonds is 3. The Bertz CT molecular complexity index is 261. The molecule has 0 aromatic heterocycles. The fourth-order valence-corrected chi connectivity index (χ4v) is 1.32. The maximum atomic E-state index is 11.3. The van der Waals surface area contributed by atoms with Crippen molar-refractivity contribution in [3.05, 3.63) is 0 Å². The van der Waals surface area contributed by atoms with Gasteiger partial charge in [-0.2, -0.15) is 0 Å². The number of hydrogen-bond acceptors (Lipinski definition) is 2. The van der Waals surface area contributed by atoms with Crippen LogP contribution in [0.15, 0.2) is 0 Å². The number of amides is 2. The van der Waals surface area contributed by atoms with Gasteiger partial charge in [-0.1, -0.05) is 0 Å². The van der Waals surface area contributed by atoms with Crippen LogP contribution in [-0.2, 0) is 4.79 Å². The summed E-state index contributed by atoms with van der Waals surface area (Å²) in [6.07, 6.45) is 1.74. The number of nitrogens with zero attached hydrogens (tertiary/aromatic N) is 1. The molecule has 1 saturated carbocycles. The highest BCUT2D eigenvalue weighted by molar-refractivity contribution is 5.86. The molecule has 0 aliphatic heterocycles. The second kappa shape index (κ2) is 3.48. The predicted octanol–water partition coefficient (Wildman–Crippen LogP) is 0.511. The topological polar surface area (TPSA) is 69.6 Å². The summed E-state index contributed by atoms with van der Waals surface area (Å²) < 4.78 is 0. The Morgan fingerprint density at radius 3 is 2.21 bits per heavy atom. The van der Waals surface area contributed by atoms with Crippen LogP contribution >= 0.6 is 0 Å². The van der Waals surface area contributed by atoms with Crippen molar-refractivity contribution >= 4 is 12.0 Å². The molecule has 0 spiro atoms. The van der Waals surface area contributed by atoms with Crippen LogP contribution in [0.4, 0.5) is 4.79 Å². The quantitative estimate of drug-likeness (QED) is 0.697. The highest BCUT2D eigenvalue weighted by atomic mass is 16.4. The Labute approximate surface area is 83.1 Å². The van der Waals surface area contributed by atoms with Gasteiger partial charge in [0.1, 0.15) is 5.54 Å². The summed E-state index contributed by atoms with van der Waals surface area (Å²) in [5.74, 6) is -0.890. The number of carboxylic acid groups (broad SMARTS) is 1. The molecule has 1 unspecified atom stereocenters. The Hall–Kier alpha value is -1.26. The second-order valence-electron chi connectivity index (χ2n) is 4.11. The van der Waals surface area contributed by atoms with Crippen LogP contribution in [-0.4, -0.2) is 41.6 Å². The maximum Gasteiger partial charge on any atom is 0.329 e. The van der Waals surface area contributed by atoms with Gasteiger partial charge in [-0.05, 0) is 25.7 Å². The zero-order chi connectivity index (χ0) is 10.9. The third-order valence-corrected chi connectivity index (χ3v) is 2.61. The maximum absolute atomic E-state index is 11.3. The van der Waals surface area contributed by atoms with Crippen LogP contribution in [0.1, 0.15) is 19.8 Å². The molecule has 0 aromatic carbocycles. The summed E-state index contributed by atoms with van der Waals surface area (Å²) in [5.41, 5.74) is -1.11. The van der Waals surface area contributed by atoms with E-state index in [1.165, 1.54) is 4.90 Å². The fraction of sp³-hybridized carbons (Fsp3) is 0.778. The van der Waals surface area contributed by atoms with Crippen LogP contribution < -0.4 is 5.32 Å². The summed E-state index contributed by atoms with van der Waals surface area (Å²) in [7, 11) is 3.18. The molecule has 0 radical (unpaired) electrons. The smallest absolute Gasteiger partial charge is 0.329 e. The number of nitrogens with one attached hydrogen (secondary N) is 1. The molecule has 2 amide bonds. The number of carboxylic acids is 1. The first-order valence-electron chi connectivity index (χ1n) is 4.61. The van der Waals surface area contributed by atoms with E-state index < -0.39 is 11.5 Å². The fourth-order valence-electron chi connectivity index (χ4n) is 1.32. The molecule has 5 nitrogen and oxygen atoms in total. The first-order chi connectivity index (χ1) is 6.38. The van der Waals surface area contributed by atoms with E-state index in [9.17, 15) is 9.59 Å². The van der Waals surface area contributed by atoms with Gasteiger partial charge < -0.3 is 15.3 Å².